The quantitative estimate of drug-likeness (QED) is 0.478. The first-order chi connectivity index (χ1) is 13.9. The van der Waals surface area contributed by atoms with Crippen molar-refractivity contribution in [1.29, 1.82) is 0 Å². The van der Waals surface area contributed by atoms with Gasteiger partial charge in [0.05, 0.1) is 22.7 Å². The number of rotatable bonds is 4. The monoisotopic (exact) mass is 442 g/mol. The number of thiocarbonyl (C=S) groups is 1. The van der Waals surface area contributed by atoms with E-state index in [1.807, 2.05) is 62.4 Å². The van der Waals surface area contributed by atoms with E-state index in [0.29, 0.717) is 26.4 Å². The van der Waals surface area contributed by atoms with Crippen molar-refractivity contribution in [3.8, 4) is 0 Å². The standard InChI is InChI=1S/C22H19ClN2O2S2/c1-3-13(2)25-21(27)19(29-22(25)28)18-15-9-5-7-11-17(15)24(20(18)26)12-14-8-4-6-10-16(14)23/h4-11,13H,3,12H2,1-2H3. The van der Waals surface area contributed by atoms with Crippen LogP contribution in [0.25, 0.3) is 5.57 Å². The largest absolute Gasteiger partial charge is 0.303 e. The van der Waals surface area contributed by atoms with Crippen molar-refractivity contribution in [2.75, 3.05) is 4.90 Å². The number of hydrogen-bond donors (Lipinski definition) is 0. The van der Waals surface area contributed by atoms with E-state index in [0.717, 1.165) is 23.2 Å². The number of carbonyl (C=O) groups excluding carboxylic acids is 2. The molecule has 0 aliphatic carbocycles. The minimum absolute atomic E-state index is 0.00780. The third kappa shape index (κ3) is 3.39. The van der Waals surface area contributed by atoms with E-state index in [-0.39, 0.29) is 17.9 Å². The molecule has 2 heterocycles. The topological polar surface area (TPSA) is 40.6 Å². The number of halogens is 1. The summed E-state index contributed by atoms with van der Waals surface area (Å²) in [5.41, 5.74) is 2.82. The molecule has 1 saturated heterocycles. The van der Waals surface area contributed by atoms with Gasteiger partial charge in [-0.3, -0.25) is 14.5 Å². The van der Waals surface area contributed by atoms with Crippen molar-refractivity contribution in [2.45, 2.75) is 32.9 Å². The van der Waals surface area contributed by atoms with Gasteiger partial charge in [-0.25, -0.2) is 0 Å². The first-order valence-corrected chi connectivity index (χ1v) is 11.0. The lowest BCUT2D eigenvalue weighted by molar-refractivity contribution is -0.123. The predicted molar refractivity (Wildman–Crippen MR) is 123 cm³/mol. The van der Waals surface area contributed by atoms with Crippen LogP contribution in [0.1, 0.15) is 31.4 Å². The lowest BCUT2D eigenvalue weighted by Crippen LogP contribution is -2.36. The third-order valence-electron chi connectivity index (χ3n) is 5.27. The molecule has 2 aromatic carbocycles. The number of fused-ring (bicyclic) bond motifs is 1. The zero-order valence-electron chi connectivity index (χ0n) is 16.0. The number of benzene rings is 2. The summed E-state index contributed by atoms with van der Waals surface area (Å²) in [5, 5.41) is 0.606. The molecule has 2 aromatic rings. The average Bonchev–Trinajstić information content (AvgIpc) is 3.16. The number of carbonyl (C=O) groups is 2. The number of para-hydroxylation sites is 1. The van der Waals surface area contributed by atoms with Crippen molar-refractivity contribution >= 4 is 63.0 Å². The van der Waals surface area contributed by atoms with Crippen molar-refractivity contribution in [1.82, 2.24) is 4.90 Å². The van der Waals surface area contributed by atoms with Crippen LogP contribution in [-0.4, -0.2) is 27.1 Å². The first-order valence-electron chi connectivity index (χ1n) is 9.38. The average molecular weight is 443 g/mol. The molecule has 0 aromatic heterocycles. The first kappa shape index (κ1) is 20.1. The smallest absolute Gasteiger partial charge is 0.267 e. The van der Waals surface area contributed by atoms with Gasteiger partial charge in [-0.05, 0) is 31.0 Å². The molecule has 4 nitrogen and oxygen atoms in total. The molecule has 148 valence electrons. The van der Waals surface area contributed by atoms with Gasteiger partial charge in [0.1, 0.15) is 4.32 Å². The number of hydrogen-bond acceptors (Lipinski definition) is 4. The van der Waals surface area contributed by atoms with E-state index >= 15 is 0 Å². The summed E-state index contributed by atoms with van der Waals surface area (Å²) in [7, 11) is 0. The highest BCUT2D eigenvalue weighted by atomic mass is 35.5. The molecule has 7 heteroatoms. The van der Waals surface area contributed by atoms with Gasteiger partial charge in [0, 0.05) is 16.6 Å². The van der Waals surface area contributed by atoms with Crippen LogP contribution in [0.15, 0.2) is 53.4 Å². The van der Waals surface area contributed by atoms with E-state index in [9.17, 15) is 9.59 Å². The fourth-order valence-corrected chi connectivity index (χ4v) is 5.28. The molecule has 2 amide bonds. The van der Waals surface area contributed by atoms with E-state index in [1.54, 1.807) is 9.80 Å². The molecule has 0 spiro atoms. The van der Waals surface area contributed by atoms with Gasteiger partial charge in [0.2, 0.25) is 0 Å². The van der Waals surface area contributed by atoms with E-state index in [1.165, 1.54) is 11.8 Å². The van der Waals surface area contributed by atoms with Gasteiger partial charge in [-0.15, -0.1) is 0 Å². The van der Waals surface area contributed by atoms with E-state index in [4.69, 9.17) is 23.8 Å². The van der Waals surface area contributed by atoms with Crippen LogP contribution in [-0.2, 0) is 16.1 Å². The van der Waals surface area contributed by atoms with Crippen LogP contribution >= 0.6 is 35.6 Å². The highest BCUT2D eigenvalue weighted by Gasteiger charge is 2.43. The lowest BCUT2D eigenvalue weighted by Gasteiger charge is -2.21. The van der Waals surface area contributed by atoms with Gasteiger partial charge >= 0.3 is 0 Å². The molecule has 2 aliphatic heterocycles. The molecule has 0 saturated carbocycles. The second kappa shape index (κ2) is 7.94. The Morgan fingerprint density at radius 3 is 2.48 bits per heavy atom. The molecule has 1 fully saturated rings. The highest BCUT2D eigenvalue weighted by Crippen LogP contribution is 2.45. The maximum Gasteiger partial charge on any atom is 0.267 e. The van der Waals surface area contributed by atoms with Gasteiger partial charge in [-0.1, -0.05) is 78.9 Å². The minimum Gasteiger partial charge on any atom is -0.303 e. The minimum atomic E-state index is -0.198. The van der Waals surface area contributed by atoms with Gasteiger partial charge in [-0.2, -0.15) is 0 Å². The normalized spacial score (nSPS) is 19.9. The zero-order valence-corrected chi connectivity index (χ0v) is 18.4. The number of nitrogens with zero attached hydrogens (tertiary/aromatic N) is 2. The molecular formula is C22H19ClN2O2S2. The summed E-state index contributed by atoms with van der Waals surface area (Å²) in [6, 6.07) is 15.0. The van der Waals surface area contributed by atoms with Gasteiger partial charge in [0.25, 0.3) is 11.8 Å². The zero-order chi connectivity index (χ0) is 20.7. The SMILES string of the molecule is CCC(C)N1C(=O)C(=C2C(=O)N(Cc3ccccc3Cl)c3ccccc32)SC1=S. The fraction of sp³-hybridized carbons (Fsp3) is 0.227. The second-order valence-corrected chi connectivity index (χ2v) is 9.06. The Morgan fingerprint density at radius 1 is 1.07 bits per heavy atom. The number of anilines is 1. The van der Waals surface area contributed by atoms with Crippen LogP contribution in [0.4, 0.5) is 5.69 Å². The highest BCUT2D eigenvalue weighted by molar-refractivity contribution is 8.26. The third-order valence-corrected chi connectivity index (χ3v) is 7.04. The Bertz CT molecular complexity index is 1070. The Kier molecular flexibility index (Phi) is 5.51. The number of amides is 2. The summed E-state index contributed by atoms with van der Waals surface area (Å²) < 4.78 is 0.502. The Balaban J connectivity index is 1.79. The summed E-state index contributed by atoms with van der Waals surface area (Å²) >= 11 is 13.0. The van der Waals surface area contributed by atoms with E-state index < -0.39 is 0 Å². The summed E-state index contributed by atoms with van der Waals surface area (Å²) in [6.45, 7) is 4.31. The maximum absolute atomic E-state index is 13.5. The Morgan fingerprint density at radius 2 is 1.76 bits per heavy atom. The number of thioether (sulfide) groups is 1. The fourth-order valence-electron chi connectivity index (χ4n) is 3.55. The summed E-state index contributed by atoms with van der Waals surface area (Å²) in [5.74, 6) is -0.386. The van der Waals surface area contributed by atoms with Crippen molar-refractivity contribution in [2.24, 2.45) is 0 Å². The second-order valence-electron chi connectivity index (χ2n) is 7.00. The Labute approximate surface area is 184 Å². The van der Waals surface area contributed by atoms with E-state index in [2.05, 4.69) is 0 Å². The molecule has 2 aliphatic rings. The van der Waals surface area contributed by atoms with Crippen LogP contribution in [0.5, 0.6) is 0 Å². The van der Waals surface area contributed by atoms with Crippen LogP contribution < -0.4 is 4.90 Å². The van der Waals surface area contributed by atoms with Crippen LogP contribution in [0, 0.1) is 0 Å². The molecular weight excluding hydrogens is 424 g/mol. The maximum atomic E-state index is 13.5. The van der Waals surface area contributed by atoms with Gasteiger partial charge in [0.15, 0.2) is 0 Å². The van der Waals surface area contributed by atoms with Crippen molar-refractivity contribution in [3.05, 3.63) is 69.6 Å². The molecule has 0 N–H and O–H groups in total. The molecule has 1 atom stereocenters. The molecule has 29 heavy (non-hydrogen) atoms. The molecule has 0 bridgehead atoms. The molecule has 1 unspecified atom stereocenters. The van der Waals surface area contributed by atoms with Gasteiger partial charge < -0.3 is 4.90 Å². The summed E-state index contributed by atoms with van der Waals surface area (Å²) in [6.07, 6.45) is 0.790. The molecule has 4 rings (SSSR count). The lowest BCUT2D eigenvalue weighted by atomic mass is 10.1. The van der Waals surface area contributed by atoms with Crippen LogP contribution in [0.3, 0.4) is 0 Å². The Hall–Kier alpha value is -2.15. The van der Waals surface area contributed by atoms with Crippen molar-refractivity contribution < 1.29 is 9.59 Å². The van der Waals surface area contributed by atoms with Crippen molar-refractivity contribution in [3.63, 3.8) is 0 Å². The summed E-state index contributed by atoms with van der Waals surface area (Å²) in [4.78, 5) is 30.3. The molecule has 0 radical (unpaired) electrons. The predicted octanol–water partition coefficient (Wildman–Crippen LogP) is 5.26. The van der Waals surface area contributed by atoms with Crippen LogP contribution in [0.2, 0.25) is 5.02 Å².